The third-order valence-corrected chi connectivity index (χ3v) is 3.81. The van der Waals surface area contributed by atoms with Gasteiger partial charge in [-0.1, -0.05) is 0 Å². The second-order valence-corrected chi connectivity index (χ2v) is 5.03. The summed E-state index contributed by atoms with van der Waals surface area (Å²) in [5, 5.41) is 20.0. The van der Waals surface area contributed by atoms with Gasteiger partial charge in [0.05, 0.1) is 23.7 Å². The van der Waals surface area contributed by atoms with E-state index in [0.29, 0.717) is 45.0 Å². The molecule has 0 amide bonds. The van der Waals surface area contributed by atoms with E-state index in [9.17, 15) is 10.1 Å². The maximum absolute atomic E-state index is 11.2. The molecule has 8 heteroatoms. The van der Waals surface area contributed by atoms with Gasteiger partial charge < -0.3 is 14.4 Å². The number of pyridine rings is 1. The summed E-state index contributed by atoms with van der Waals surface area (Å²) in [5.74, 6) is -0.232. The van der Waals surface area contributed by atoms with Crippen LogP contribution in [-0.2, 0) is 9.47 Å². The summed E-state index contributed by atoms with van der Waals surface area (Å²) in [4.78, 5) is 16.6. The number of rotatable bonds is 2. The molecule has 3 rings (SSSR count). The van der Waals surface area contributed by atoms with E-state index in [2.05, 4.69) is 4.98 Å². The quantitative estimate of drug-likeness (QED) is 0.595. The summed E-state index contributed by atoms with van der Waals surface area (Å²) in [6.07, 6.45) is 2.65. The molecule has 2 aliphatic rings. The number of piperidine rings is 1. The number of hydrogen-bond acceptors (Lipinski definition) is 7. The lowest BCUT2D eigenvalue weighted by Crippen LogP contribution is -2.45. The van der Waals surface area contributed by atoms with Crippen molar-refractivity contribution in [2.24, 2.45) is 0 Å². The van der Waals surface area contributed by atoms with Crippen molar-refractivity contribution < 1.29 is 14.4 Å². The van der Waals surface area contributed by atoms with Gasteiger partial charge in [0.2, 0.25) is 5.82 Å². The Hall–Kier alpha value is -2.24. The van der Waals surface area contributed by atoms with E-state index in [1.54, 1.807) is 0 Å². The summed E-state index contributed by atoms with van der Waals surface area (Å²) >= 11 is 0. The van der Waals surface area contributed by atoms with Crippen LogP contribution in [0, 0.1) is 21.4 Å². The molecule has 2 aliphatic heterocycles. The fourth-order valence-electron chi connectivity index (χ4n) is 2.73. The van der Waals surface area contributed by atoms with E-state index in [4.69, 9.17) is 14.7 Å². The molecular weight excluding hydrogens is 276 g/mol. The predicted octanol–water partition coefficient (Wildman–Crippen LogP) is 1.20. The van der Waals surface area contributed by atoms with E-state index in [0.717, 1.165) is 0 Å². The minimum absolute atomic E-state index is 0.141. The normalized spacial score (nSPS) is 20.4. The van der Waals surface area contributed by atoms with Crippen molar-refractivity contribution in [3.63, 3.8) is 0 Å². The van der Waals surface area contributed by atoms with Gasteiger partial charge in [0.1, 0.15) is 6.07 Å². The molecule has 0 saturated carbocycles. The van der Waals surface area contributed by atoms with Gasteiger partial charge in [-0.2, -0.15) is 5.26 Å². The van der Waals surface area contributed by atoms with Gasteiger partial charge >= 0.3 is 5.69 Å². The van der Waals surface area contributed by atoms with E-state index in [-0.39, 0.29) is 11.3 Å². The number of nitrogens with zero attached hydrogens (tertiary/aromatic N) is 4. The van der Waals surface area contributed by atoms with Crippen LogP contribution in [0.2, 0.25) is 0 Å². The van der Waals surface area contributed by atoms with Crippen molar-refractivity contribution in [3.05, 3.63) is 27.9 Å². The lowest BCUT2D eigenvalue weighted by molar-refractivity contribution is -0.384. The minimum Gasteiger partial charge on any atom is -0.350 e. The molecule has 0 bridgehead atoms. The fourth-order valence-corrected chi connectivity index (χ4v) is 2.73. The highest BCUT2D eigenvalue weighted by molar-refractivity contribution is 5.60. The second-order valence-electron chi connectivity index (χ2n) is 5.03. The molecule has 0 aliphatic carbocycles. The zero-order chi connectivity index (χ0) is 14.9. The zero-order valence-electron chi connectivity index (χ0n) is 11.3. The number of ether oxygens (including phenoxy) is 2. The minimum atomic E-state index is -0.530. The Bertz CT molecular complexity index is 597. The Morgan fingerprint density at radius 1 is 1.38 bits per heavy atom. The number of anilines is 1. The predicted molar refractivity (Wildman–Crippen MR) is 71.7 cm³/mol. The van der Waals surface area contributed by atoms with Crippen LogP contribution in [0.4, 0.5) is 11.5 Å². The van der Waals surface area contributed by atoms with Gasteiger partial charge in [-0.15, -0.1) is 0 Å². The molecule has 21 heavy (non-hydrogen) atoms. The van der Waals surface area contributed by atoms with Crippen LogP contribution in [0.1, 0.15) is 18.4 Å². The summed E-state index contributed by atoms with van der Waals surface area (Å²) in [6, 6.07) is 3.13. The highest BCUT2D eigenvalue weighted by atomic mass is 16.7. The topological polar surface area (TPSA) is 102 Å². The van der Waals surface area contributed by atoms with Gasteiger partial charge in [0.25, 0.3) is 0 Å². The van der Waals surface area contributed by atoms with E-state index < -0.39 is 10.7 Å². The maximum Gasteiger partial charge on any atom is 0.312 e. The van der Waals surface area contributed by atoms with Crippen molar-refractivity contribution in [3.8, 4) is 6.07 Å². The van der Waals surface area contributed by atoms with Gasteiger partial charge in [0.15, 0.2) is 5.79 Å². The first-order chi connectivity index (χ1) is 10.1. The Balaban J connectivity index is 1.82. The second kappa shape index (κ2) is 5.27. The van der Waals surface area contributed by atoms with Crippen LogP contribution in [0.5, 0.6) is 0 Å². The van der Waals surface area contributed by atoms with Gasteiger partial charge in [-0.25, -0.2) is 4.98 Å². The van der Waals surface area contributed by atoms with Crippen molar-refractivity contribution in [2.45, 2.75) is 18.6 Å². The van der Waals surface area contributed by atoms with Crippen LogP contribution in [0.3, 0.4) is 0 Å². The van der Waals surface area contributed by atoms with Crippen LogP contribution in [-0.4, -0.2) is 42.0 Å². The van der Waals surface area contributed by atoms with Crippen molar-refractivity contribution >= 4 is 11.5 Å². The third kappa shape index (κ3) is 2.53. The van der Waals surface area contributed by atoms with Crippen molar-refractivity contribution in [2.75, 3.05) is 31.2 Å². The molecule has 0 aromatic carbocycles. The standard InChI is InChI=1S/C13H14N4O4/c14-8-10-7-11(17(18)19)12(15-9-10)16-3-1-13(2-4-16)20-5-6-21-13/h7,9H,1-6H2. The highest BCUT2D eigenvalue weighted by Crippen LogP contribution is 2.35. The number of hydrogen-bond donors (Lipinski definition) is 0. The lowest BCUT2D eigenvalue weighted by atomic mass is 10.0. The largest absolute Gasteiger partial charge is 0.350 e. The third-order valence-electron chi connectivity index (χ3n) is 3.81. The lowest BCUT2D eigenvalue weighted by Gasteiger charge is -2.37. The Morgan fingerprint density at radius 2 is 2.05 bits per heavy atom. The van der Waals surface area contributed by atoms with Crippen LogP contribution < -0.4 is 4.90 Å². The fraction of sp³-hybridized carbons (Fsp3) is 0.538. The molecule has 0 unspecified atom stereocenters. The van der Waals surface area contributed by atoms with Crippen LogP contribution in [0.25, 0.3) is 0 Å². The Kier molecular flexibility index (Phi) is 3.45. The first kappa shape index (κ1) is 13.7. The van der Waals surface area contributed by atoms with Crippen molar-refractivity contribution in [1.29, 1.82) is 5.26 Å². The van der Waals surface area contributed by atoms with Crippen LogP contribution in [0.15, 0.2) is 12.3 Å². The Morgan fingerprint density at radius 3 is 2.62 bits per heavy atom. The molecule has 8 nitrogen and oxygen atoms in total. The summed E-state index contributed by atoms with van der Waals surface area (Å²) < 4.78 is 11.3. The molecule has 2 saturated heterocycles. The first-order valence-corrected chi connectivity index (χ1v) is 6.71. The SMILES string of the molecule is N#Cc1cnc(N2CCC3(CC2)OCCO3)c([N+](=O)[O-])c1. The molecule has 0 N–H and O–H groups in total. The van der Waals surface area contributed by atoms with Crippen LogP contribution >= 0.6 is 0 Å². The van der Waals surface area contributed by atoms with Crippen molar-refractivity contribution in [1.82, 2.24) is 4.98 Å². The zero-order valence-corrected chi connectivity index (χ0v) is 11.3. The van der Waals surface area contributed by atoms with E-state index in [1.165, 1.54) is 12.3 Å². The number of nitriles is 1. The Labute approximate surface area is 121 Å². The molecular formula is C13H14N4O4. The van der Waals surface area contributed by atoms with E-state index in [1.807, 2.05) is 11.0 Å². The van der Waals surface area contributed by atoms with Gasteiger partial charge in [-0.3, -0.25) is 10.1 Å². The molecule has 1 spiro atoms. The molecule has 3 heterocycles. The smallest absolute Gasteiger partial charge is 0.312 e. The summed E-state index contributed by atoms with van der Waals surface area (Å²) in [5.41, 5.74) is 0.0413. The number of nitro groups is 1. The molecule has 110 valence electrons. The molecule has 0 radical (unpaired) electrons. The van der Waals surface area contributed by atoms with E-state index >= 15 is 0 Å². The molecule has 1 aromatic heterocycles. The monoisotopic (exact) mass is 290 g/mol. The summed E-state index contributed by atoms with van der Waals surface area (Å²) in [6.45, 7) is 2.32. The highest BCUT2D eigenvalue weighted by Gasteiger charge is 2.41. The number of aromatic nitrogens is 1. The molecule has 0 atom stereocenters. The summed E-state index contributed by atoms with van der Waals surface area (Å²) in [7, 11) is 0. The van der Waals surface area contributed by atoms with Gasteiger partial charge in [0, 0.05) is 38.2 Å². The molecule has 2 fully saturated rings. The molecule has 1 aromatic rings. The average Bonchev–Trinajstić information content (AvgIpc) is 2.96. The maximum atomic E-state index is 11.2. The van der Waals surface area contributed by atoms with Gasteiger partial charge in [-0.05, 0) is 0 Å². The first-order valence-electron chi connectivity index (χ1n) is 6.71. The average molecular weight is 290 g/mol.